The Morgan fingerprint density at radius 3 is 2.85 bits per heavy atom. The fraction of sp³-hybridized carbons (Fsp3) is 0.500. The van der Waals surface area contributed by atoms with Crippen LogP contribution >= 0.6 is 27.3 Å². The molecule has 1 atom stereocenters. The van der Waals surface area contributed by atoms with E-state index in [0.717, 1.165) is 15.8 Å². The number of rotatable bonds is 4. The van der Waals surface area contributed by atoms with E-state index in [1.54, 1.807) is 0 Å². The lowest BCUT2D eigenvalue weighted by Gasteiger charge is -2.04. The summed E-state index contributed by atoms with van der Waals surface area (Å²) in [4.78, 5) is 12.5. The van der Waals surface area contributed by atoms with Gasteiger partial charge < -0.3 is 0 Å². The second kappa shape index (κ2) is 4.91. The minimum absolute atomic E-state index is 0.269. The van der Waals surface area contributed by atoms with Crippen molar-refractivity contribution in [2.24, 2.45) is 5.92 Å². The summed E-state index contributed by atoms with van der Waals surface area (Å²) in [6, 6.07) is 1.90. The van der Waals surface area contributed by atoms with Crippen molar-refractivity contribution >= 4 is 33.0 Å². The normalized spacial score (nSPS) is 12.8. The van der Waals surface area contributed by atoms with Crippen LogP contribution in [-0.4, -0.2) is 5.78 Å². The summed E-state index contributed by atoms with van der Waals surface area (Å²) in [5.41, 5.74) is 0. The lowest BCUT2D eigenvalue weighted by Crippen LogP contribution is -2.03. The lowest BCUT2D eigenvalue weighted by atomic mass is 10.0. The Hall–Kier alpha value is -0.150. The maximum Gasteiger partial charge on any atom is 0.173 e. The lowest BCUT2D eigenvalue weighted by molar-refractivity contribution is 0.0967. The number of carbonyl (C=O) groups is 1. The van der Waals surface area contributed by atoms with E-state index < -0.39 is 0 Å². The zero-order chi connectivity index (χ0) is 9.84. The van der Waals surface area contributed by atoms with Gasteiger partial charge in [-0.3, -0.25) is 4.79 Å². The van der Waals surface area contributed by atoms with Gasteiger partial charge in [-0.1, -0.05) is 20.3 Å². The molecule has 72 valence electrons. The van der Waals surface area contributed by atoms with Crippen LogP contribution in [0.2, 0.25) is 0 Å². The molecule has 1 rings (SSSR count). The summed E-state index contributed by atoms with van der Waals surface area (Å²) >= 11 is 4.86. The van der Waals surface area contributed by atoms with Crippen molar-refractivity contribution in [3.05, 3.63) is 20.8 Å². The third-order valence-electron chi connectivity index (χ3n) is 2.07. The number of Topliss-reactive ketones (excluding diaryl/α,β-unsaturated/α-hetero) is 1. The van der Waals surface area contributed by atoms with Gasteiger partial charge in [0, 0.05) is 16.3 Å². The molecule has 0 aromatic carbocycles. The zero-order valence-corrected chi connectivity index (χ0v) is 10.2. The molecule has 0 aliphatic heterocycles. The molecule has 0 N–H and O–H groups in total. The maximum absolute atomic E-state index is 11.6. The Bertz CT molecular complexity index is 293. The first-order chi connectivity index (χ1) is 6.13. The van der Waals surface area contributed by atoms with Crippen molar-refractivity contribution in [2.75, 3.05) is 0 Å². The summed E-state index contributed by atoms with van der Waals surface area (Å²) in [6.07, 6.45) is 1.74. The van der Waals surface area contributed by atoms with Gasteiger partial charge in [0.25, 0.3) is 0 Å². The molecule has 0 fully saturated rings. The summed E-state index contributed by atoms with van der Waals surface area (Å²) < 4.78 is 1.00. The monoisotopic (exact) mass is 260 g/mol. The minimum Gasteiger partial charge on any atom is -0.293 e. The van der Waals surface area contributed by atoms with E-state index in [2.05, 4.69) is 29.8 Å². The Balaban J connectivity index is 2.58. The van der Waals surface area contributed by atoms with Gasteiger partial charge in [-0.05, 0) is 27.9 Å². The first-order valence-corrected chi connectivity index (χ1v) is 6.08. The quantitative estimate of drug-likeness (QED) is 0.745. The molecular formula is C10H13BrOS. The van der Waals surface area contributed by atoms with Crippen LogP contribution in [0.1, 0.15) is 36.4 Å². The van der Waals surface area contributed by atoms with Crippen LogP contribution in [0.15, 0.2) is 15.9 Å². The topological polar surface area (TPSA) is 17.1 Å². The SMILES string of the molecule is CCC(C)CC(=O)c1cc(Br)cs1. The van der Waals surface area contributed by atoms with Crippen LogP contribution in [0.5, 0.6) is 0 Å². The Labute approximate surface area is 91.3 Å². The second-order valence-electron chi connectivity index (χ2n) is 3.27. The van der Waals surface area contributed by atoms with E-state index >= 15 is 0 Å². The molecular weight excluding hydrogens is 248 g/mol. The smallest absolute Gasteiger partial charge is 0.173 e. The van der Waals surface area contributed by atoms with Crippen molar-refractivity contribution in [1.29, 1.82) is 0 Å². The van der Waals surface area contributed by atoms with Gasteiger partial charge in [0.05, 0.1) is 4.88 Å². The number of thiophene rings is 1. The summed E-state index contributed by atoms with van der Waals surface area (Å²) in [5.74, 6) is 0.762. The molecule has 1 aromatic rings. The number of carbonyl (C=O) groups excluding carboxylic acids is 1. The van der Waals surface area contributed by atoms with Gasteiger partial charge in [0.1, 0.15) is 0 Å². The van der Waals surface area contributed by atoms with E-state index in [9.17, 15) is 4.79 Å². The van der Waals surface area contributed by atoms with Crippen LogP contribution in [-0.2, 0) is 0 Å². The zero-order valence-electron chi connectivity index (χ0n) is 7.84. The highest BCUT2D eigenvalue weighted by Crippen LogP contribution is 2.22. The molecule has 13 heavy (non-hydrogen) atoms. The molecule has 1 heterocycles. The maximum atomic E-state index is 11.6. The van der Waals surface area contributed by atoms with Crippen LogP contribution in [0.3, 0.4) is 0 Å². The molecule has 1 nitrogen and oxygen atoms in total. The standard InChI is InChI=1S/C10H13BrOS/c1-3-7(2)4-9(12)10-5-8(11)6-13-10/h5-7H,3-4H2,1-2H3. The van der Waals surface area contributed by atoms with E-state index in [1.165, 1.54) is 11.3 Å². The van der Waals surface area contributed by atoms with E-state index in [-0.39, 0.29) is 5.78 Å². The molecule has 0 bridgehead atoms. The van der Waals surface area contributed by atoms with Crippen molar-refractivity contribution in [3.8, 4) is 0 Å². The minimum atomic E-state index is 0.269. The van der Waals surface area contributed by atoms with Crippen molar-refractivity contribution < 1.29 is 4.79 Å². The Morgan fingerprint density at radius 2 is 2.38 bits per heavy atom. The first-order valence-electron chi connectivity index (χ1n) is 4.40. The number of ketones is 1. The predicted octanol–water partition coefficient (Wildman–Crippen LogP) is 4.13. The van der Waals surface area contributed by atoms with Gasteiger partial charge in [0.2, 0.25) is 0 Å². The number of halogens is 1. The Morgan fingerprint density at radius 1 is 1.69 bits per heavy atom. The highest BCUT2D eigenvalue weighted by atomic mass is 79.9. The van der Waals surface area contributed by atoms with Crippen LogP contribution in [0.25, 0.3) is 0 Å². The summed E-state index contributed by atoms with van der Waals surface area (Å²) in [6.45, 7) is 4.23. The van der Waals surface area contributed by atoms with Gasteiger partial charge in [-0.15, -0.1) is 11.3 Å². The molecule has 0 aliphatic rings. The largest absolute Gasteiger partial charge is 0.293 e. The first kappa shape index (κ1) is 10.9. The van der Waals surface area contributed by atoms with Crippen LogP contribution in [0.4, 0.5) is 0 Å². The van der Waals surface area contributed by atoms with Crippen molar-refractivity contribution in [3.63, 3.8) is 0 Å². The molecule has 0 amide bonds. The average Bonchev–Trinajstić information content (AvgIpc) is 2.51. The molecule has 0 aliphatic carbocycles. The van der Waals surface area contributed by atoms with E-state index in [0.29, 0.717) is 12.3 Å². The van der Waals surface area contributed by atoms with Crippen molar-refractivity contribution in [1.82, 2.24) is 0 Å². The summed E-state index contributed by atoms with van der Waals surface area (Å²) in [7, 11) is 0. The van der Waals surface area contributed by atoms with Gasteiger partial charge >= 0.3 is 0 Å². The van der Waals surface area contributed by atoms with E-state index in [1.807, 2.05) is 11.4 Å². The number of hydrogen-bond acceptors (Lipinski definition) is 2. The second-order valence-corrected chi connectivity index (χ2v) is 5.10. The third-order valence-corrected chi connectivity index (χ3v) is 3.81. The molecule has 0 saturated carbocycles. The van der Waals surface area contributed by atoms with Crippen molar-refractivity contribution in [2.45, 2.75) is 26.7 Å². The fourth-order valence-corrected chi connectivity index (χ4v) is 2.40. The third kappa shape index (κ3) is 3.24. The van der Waals surface area contributed by atoms with Gasteiger partial charge in [-0.25, -0.2) is 0 Å². The number of hydrogen-bond donors (Lipinski definition) is 0. The fourth-order valence-electron chi connectivity index (χ4n) is 1.02. The Kier molecular flexibility index (Phi) is 4.13. The van der Waals surface area contributed by atoms with E-state index in [4.69, 9.17) is 0 Å². The van der Waals surface area contributed by atoms with Crippen LogP contribution in [0, 0.1) is 5.92 Å². The molecule has 1 aromatic heterocycles. The molecule has 0 spiro atoms. The average molecular weight is 261 g/mol. The molecule has 0 radical (unpaired) electrons. The molecule has 3 heteroatoms. The van der Waals surface area contributed by atoms with Gasteiger partial charge in [0.15, 0.2) is 5.78 Å². The molecule has 0 saturated heterocycles. The predicted molar refractivity (Wildman–Crippen MR) is 60.4 cm³/mol. The highest BCUT2D eigenvalue weighted by Gasteiger charge is 2.11. The molecule has 1 unspecified atom stereocenters. The summed E-state index contributed by atoms with van der Waals surface area (Å²) in [5, 5.41) is 1.95. The van der Waals surface area contributed by atoms with Crippen LogP contribution < -0.4 is 0 Å². The highest BCUT2D eigenvalue weighted by molar-refractivity contribution is 9.10. The van der Waals surface area contributed by atoms with Gasteiger partial charge in [-0.2, -0.15) is 0 Å².